The Morgan fingerprint density at radius 3 is 2.58 bits per heavy atom. The highest BCUT2D eigenvalue weighted by Crippen LogP contribution is 2.38. The standard InChI is InChI=1S/C26H24N2O3/c1-16(25(29)27-19-12-13-19)31-26(30)23-20-9-5-6-10-22(20)28-24-18(11-14-21(23)24)15-17-7-3-2-4-8-17/h2-10,15-16,19H,11-14H2,1H3,(H,27,29)/b18-15+/t16-/m0/s1. The molecule has 0 radical (unpaired) electrons. The van der Waals surface area contributed by atoms with Crippen molar-refractivity contribution in [2.75, 3.05) is 0 Å². The van der Waals surface area contributed by atoms with E-state index in [1.165, 1.54) is 0 Å². The second-order valence-electron chi connectivity index (χ2n) is 8.24. The van der Waals surface area contributed by atoms with Crippen molar-refractivity contribution in [1.29, 1.82) is 0 Å². The van der Waals surface area contributed by atoms with E-state index in [9.17, 15) is 9.59 Å². The quantitative estimate of drug-likeness (QED) is 0.625. The summed E-state index contributed by atoms with van der Waals surface area (Å²) in [4.78, 5) is 30.4. The molecular weight excluding hydrogens is 388 g/mol. The predicted molar refractivity (Wildman–Crippen MR) is 120 cm³/mol. The van der Waals surface area contributed by atoms with Crippen molar-refractivity contribution in [3.05, 3.63) is 77.0 Å². The summed E-state index contributed by atoms with van der Waals surface area (Å²) in [6.07, 6.45) is 4.81. The summed E-state index contributed by atoms with van der Waals surface area (Å²) < 4.78 is 5.62. The zero-order valence-electron chi connectivity index (χ0n) is 17.4. The van der Waals surface area contributed by atoms with E-state index in [1.54, 1.807) is 6.92 Å². The molecule has 1 heterocycles. The monoisotopic (exact) mass is 412 g/mol. The van der Waals surface area contributed by atoms with Gasteiger partial charge in [-0.25, -0.2) is 9.78 Å². The number of rotatable bonds is 5. The minimum absolute atomic E-state index is 0.227. The van der Waals surface area contributed by atoms with Gasteiger partial charge in [0.25, 0.3) is 5.91 Å². The molecule has 0 saturated heterocycles. The number of carbonyl (C=O) groups excluding carboxylic acids is 2. The maximum atomic E-state index is 13.3. The minimum atomic E-state index is -0.837. The van der Waals surface area contributed by atoms with Crippen LogP contribution in [-0.4, -0.2) is 29.0 Å². The molecule has 0 aliphatic heterocycles. The van der Waals surface area contributed by atoms with Crippen LogP contribution in [0.2, 0.25) is 0 Å². The van der Waals surface area contributed by atoms with E-state index < -0.39 is 12.1 Å². The van der Waals surface area contributed by atoms with Crippen molar-refractivity contribution in [3.63, 3.8) is 0 Å². The summed E-state index contributed by atoms with van der Waals surface area (Å²) >= 11 is 0. The maximum absolute atomic E-state index is 13.3. The van der Waals surface area contributed by atoms with Crippen molar-refractivity contribution in [2.45, 2.75) is 44.8 Å². The number of nitrogens with one attached hydrogen (secondary N) is 1. The van der Waals surface area contributed by atoms with Gasteiger partial charge in [-0.1, -0.05) is 48.5 Å². The molecule has 156 valence electrons. The van der Waals surface area contributed by atoms with E-state index in [-0.39, 0.29) is 11.9 Å². The molecule has 5 heteroatoms. The zero-order chi connectivity index (χ0) is 21.4. The van der Waals surface area contributed by atoms with Crippen LogP contribution in [0.15, 0.2) is 54.6 Å². The molecule has 1 atom stereocenters. The number of allylic oxidation sites excluding steroid dienone is 1. The van der Waals surface area contributed by atoms with Crippen LogP contribution < -0.4 is 5.32 Å². The lowest BCUT2D eigenvalue weighted by Crippen LogP contribution is -2.37. The Labute approximate surface area is 181 Å². The van der Waals surface area contributed by atoms with Gasteiger partial charge in [0.1, 0.15) is 0 Å². The van der Waals surface area contributed by atoms with Gasteiger partial charge in [0.15, 0.2) is 6.10 Å². The van der Waals surface area contributed by atoms with Crippen LogP contribution in [-0.2, 0) is 16.0 Å². The number of ether oxygens (including phenoxy) is 1. The molecule has 2 aromatic carbocycles. The number of hydrogen-bond donors (Lipinski definition) is 1. The highest BCUT2D eigenvalue weighted by Gasteiger charge is 2.31. The number of benzene rings is 2. The summed E-state index contributed by atoms with van der Waals surface area (Å²) in [5.41, 5.74) is 5.26. The molecule has 5 nitrogen and oxygen atoms in total. The summed E-state index contributed by atoms with van der Waals surface area (Å²) in [6.45, 7) is 1.62. The molecule has 1 amide bonds. The fraction of sp³-hybridized carbons (Fsp3) is 0.269. The molecular formula is C26H24N2O3. The molecule has 0 bridgehead atoms. The van der Waals surface area contributed by atoms with Gasteiger partial charge < -0.3 is 10.1 Å². The number of para-hydroxylation sites is 1. The largest absolute Gasteiger partial charge is 0.449 e. The summed E-state index contributed by atoms with van der Waals surface area (Å²) in [5, 5.41) is 3.66. The highest BCUT2D eigenvalue weighted by molar-refractivity contribution is 6.07. The molecule has 0 unspecified atom stereocenters. The van der Waals surface area contributed by atoms with Gasteiger partial charge in [-0.2, -0.15) is 0 Å². The molecule has 2 aliphatic rings. The van der Waals surface area contributed by atoms with Crippen LogP contribution in [0.25, 0.3) is 22.6 Å². The van der Waals surface area contributed by atoms with Gasteiger partial charge in [-0.05, 0) is 61.4 Å². The van der Waals surface area contributed by atoms with Crippen molar-refractivity contribution < 1.29 is 14.3 Å². The van der Waals surface area contributed by atoms with Crippen molar-refractivity contribution in [1.82, 2.24) is 10.3 Å². The van der Waals surface area contributed by atoms with Crippen LogP contribution in [0, 0.1) is 0 Å². The first-order chi connectivity index (χ1) is 15.1. The normalized spacial score (nSPS) is 17.4. The number of carbonyl (C=O) groups is 2. The third-order valence-corrected chi connectivity index (χ3v) is 5.86. The summed E-state index contributed by atoms with van der Waals surface area (Å²) in [7, 11) is 0. The van der Waals surface area contributed by atoms with E-state index in [0.29, 0.717) is 5.56 Å². The van der Waals surface area contributed by atoms with E-state index >= 15 is 0 Å². The average Bonchev–Trinajstić information content (AvgIpc) is 3.52. The van der Waals surface area contributed by atoms with Crippen molar-refractivity contribution in [2.24, 2.45) is 0 Å². The Hall–Kier alpha value is -3.47. The van der Waals surface area contributed by atoms with E-state index in [4.69, 9.17) is 9.72 Å². The molecule has 1 fully saturated rings. The average molecular weight is 412 g/mol. The lowest BCUT2D eigenvalue weighted by atomic mass is 10.0. The SMILES string of the molecule is C[C@H](OC(=O)c1c2c(nc3ccccc13)/C(=C/c1ccccc1)CC2)C(=O)NC1CC1. The Balaban J connectivity index is 1.53. The highest BCUT2D eigenvalue weighted by atomic mass is 16.5. The maximum Gasteiger partial charge on any atom is 0.339 e. The van der Waals surface area contributed by atoms with Crippen molar-refractivity contribution >= 4 is 34.4 Å². The fourth-order valence-corrected chi connectivity index (χ4v) is 4.08. The molecule has 0 spiro atoms. The number of hydrogen-bond acceptors (Lipinski definition) is 4. The van der Waals surface area contributed by atoms with Gasteiger partial charge in [0.05, 0.1) is 16.8 Å². The summed E-state index contributed by atoms with van der Waals surface area (Å²) in [6, 6.07) is 18.0. The molecule has 1 N–H and O–H groups in total. The second-order valence-corrected chi connectivity index (χ2v) is 8.24. The van der Waals surface area contributed by atoms with Crippen LogP contribution in [0.1, 0.15) is 53.4 Å². The number of aromatic nitrogens is 1. The lowest BCUT2D eigenvalue weighted by Gasteiger charge is -2.16. The smallest absolute Gasteiger partial charge is 0.339 e. The zero-order valence-corrected chi connectivity index (χ0v) is 17.4. The number of amides is 1. The minimum Gasteiger partial charge on any atom is -0.449 e. The van der Waals surface area contributed by atoms with Crippen LogP contribution >= 0.6 is 0 Å². The topological polar surface area (TPSA) is 68.3 Å². The lowest BCUT2D eigenvalue weighted by molar-refractivity contribution is -0.129. The molecule has 1 aromatic heterocycles. The molecule has 31 heavy (non-hydrogen) atoms. The van der Waals surface area contributed by atoms with Gasteiger partial charge >= 0.3 is 5.97 Å². The van der Waals surface area contributed by atoms with E-state index in [0.717, 1.165) is 59.0 Å². The Kier molecular flexibility index (Phi) is 5.02. The number of nitrogens with zero attached hydrogens (tertiary/aromatic N) is 1. The van der Waals surface area contributed by atoms with E-state index in [1.807, 2.05) is 42.5 Å². The third-order valence-electron chi connectivity index (χ3n) is 5.86. The van der Waals surface area contributed by atoms with Crippen LogP contribution in [0.4, 0.5) is 0 Å². The second kappa shape index (κ2) is 7.99. The van der Waals surface area contributed by atoms with Gasteiger partial charge in [0, 0.05) is 11.4 Å². The third kappa shape index (κ3) is 3.96. The van der Waals surface area contributed by atoms with Crippen LogP contribution in [0.5, 0.6) is 0 Å². The van der Waals surface area contributed by atoms with Crippen LogP contribution in [0.3, 0.4) is 0 Å². The number of fused-ring (bicyclic) bond motifs is 2. The van der Waals surface area contributed by atoms with Crippen molar-refractivity contribution in [3.8, 4) is 0 Å². The molecule has 3 aromatic rings. The number of pyridine rings is 1. The Bertz CT molecular complexity index is 1200. The van der Waals surface area contributed by atoms with Gasteiger partial charge in [-0.3, -0.25) is 4.79 Å². The fourth-order valence-electron chi connectivity index (χ4n) is 4.08. The first-order valence-corrected chi connectivity index (χ1v) is 10.8. The van der Waals surface area contributed by atoms with Gasteiger partial charge in [0.2, 0.25) is 0 Å². The van der Waals surface area contributed by atoms with Gasteiger partial charge in [-0.15, -0.1) is 0 Å². The first kappa shape index (κ1) is 19.5. The Morgan fingerprint density at radius 1 is 1.06 bits per heavy atom. The summed E-state index contributed by atoms with van der Waals surface area (Å²) in [5.74, 6) is -0.704. The Morgan fingerprint density at radius 2 is 1.81 bits per heavy atom. The molecule has 2 aliphatic carbocycles. The molecule has 1 saturated carbocycles. The first-order valence-electron chi connectivity index (χ1n) is 10.8. The number of esters is 1. The van der Waals surface area contributed by atoms with E-state index in [2.05, 4.69) is 23.5 Å². The molecule has 5 rings (SSSR count). The predicted octanol–water partition coefficient (Wildman–Crippen LogP) is 4.55.